The molecular formula is C12H19N3O3. The quantitative estimate of drug-likeness (QED) is 0.818. The van der Waals surface area contributed by atoms with Crippen molar-refractivity contribution in [2.75, 3.05) is 19.5 Å². The molecule has 1 fully saturated rings. The van der Waals surface area contributed by atoms with Crippen LogP contribution < -0.4 is 5.73 Å². The average molecular weight is 253 g/mol. The molecule has 2 heterocycles. The fourth-order valence-corrected chi connectivity index (χ4v) is 2.42. The molecule has 1 aromatic rings. The number of nitrogens with zero attached hydrogens (tertiary/aromatic N) is 2. The third kappa shape index (κ3) is 1.96. The molecule has 2 N–H and O–H groups in total. The lowest BCUT2D eigenvalue weighted by Gasteiger charge is -2.19. The molecule has 0 spiro atoms. The van der Waals surface area contributed by atoms with Crippen molar-refractivity contribution in [1.82, 2.24) is 9.55 Å². The third-order valence-corrected chi connectivity index (χ3v) is 3.38. The maximum absolute atomic E-state index is 11.6. The van der Waals surface area contributed by atoms with E-state index in [2.05, 4.69) is 4.98 Å². The van der Waals surface area contributed by atoms with Gasteiger partial charge in [0.1, 0.15) is 11.6 Å². The summed E-state index contributed by atoms with van der Waals surface area (Å²) < 4.78 is 12.2. The number of aromatic nitrogens is 2. The number of imidazole rings is 1. The average Bonchev–Trinajstić information content (AvgIpc) is 2.91. The van der Waals surface area contributed by atoms with E-state index in [0.717, 1.165) is 12.2 Å². The summed E-state index contributed by atoms with van der Waals surface area (Å²) in [6.07, 6.45) is 1.68. The minimum Gasteiger partial charge on any atom is -0.464 e. The highest BCUT2D eigenvalue weighted by Gasteiger charge is 2.31. The van der Waals surface area contributed by atoms with E-state index in [0.29, 0.717) is 18.8 Å². The van der Waals surface area contributed by atoms with Gasteiger partial charge in [0.05, 0.1) is 19.3 Å². The maximum atomic E-state index is 11.6. The van der Waals surface area contributed by atoms with Crippen LogP contribution in [0.5, 0.6) is 0 Å². The molecule has 0 aliphatic carbocycles. The van der Waals surface area contributed by atoms with Crippen molar-refractivity contribution < 1.29 is 14.3 Å². The monoisotopic (exact) mass is 253 g/mol. The second kappa shape index (κ2) is 4.97. The molecule has 100 valence electrons. The highest BCUT2D eigenvalue weighted by Crippen LogP contribution is 2.31. The predicted molar refractivity (Wildman–Crippen MR) is 66.4 cm³/mol. The normalized spacial score (nSPS) is 23.3. The summed E-state index contributed by atoms with van der Waals surface area (Å²) in [6.45, 7) is 4.70. The van der Waals surface area contributed by atoms with Gasteiger partial charge in [0.2, 0.25) is 0 Å². The zero-order valence-electron chi connectivity index (χ0n) is 11.0. The molecule has 1 aliphatic rings. The first-order valence-corrected chi connectivity index (χ1v) is 6.16. The van der Waals surface area contributed by atoms with Crippen molar-refractivity contribution in [1.29, 1.82) is 0 Å². The molecule has 6 nitrogen and oxygen atoms in total. The number of nitrogen functional groups attached to an aromatic ring is 1. The molecule has 2 unspecified atom stereocenters. The first kappa shape index (κ1) is 12.9. The summed E-state index contributed by atoms with van der Waals surface area (Å²) in [5.74, 6) is 0.684. The molecule has 0 amide bonds. The van der Waals surface area contributed by atoms with Crippen LogP contribution in [0, 0.1) is 0 Å². The topological polar surface area (TPSA) is 79.4 Å². The standard InChI is InChI=1S/C12H19N3O3/c1-4-9-14-10(12(16)17-3)11(13)15(9)8-5-6-18-7(8)2/h7-8H,4-6,13H2,1-3H3. The van der Waals surface area contributed by atoms with Gasteiger partial charge in [-0.05, 0) is 13.3 Å². The lowest BCUT2D eigenvalue weighted by molar-refractivity contribution is 0.0595. The molecule has 18 heavy (non-hydrogen) atoms. The Hall–Kier alpha value is -1.56. The Labute approximate surface area is 106 Å². The van der Waals surface area contributed by atoms with E-state index in [1.165, 1.54) is 7.11 Å². The lowest BCUT2D eigenvalue weighted by Crippen LogP contribution is -2.21. The van der Waals surface area contributed by atoms with Gasteiger partial charge in [0, 0.05) is 13.0 Å². The number of hydrogen-bond donors (Lipinski definition) is 1. The lowest BCUT2D eigenvalue weighted by atomic mass is 10.1. The van der Waals surface area contributed by atoms with Crippen molar-refractivity contribution in [3.63, 3.8) is 0 Å². The summed E-state index contributed by atoms with van der Waals surface area (Å²) in [5.41, 5.74) is 6.24. The van der Waals surface area contributed by atoms with Crippen molar-refractivity contribution in [2.24, 2.45) is 0 Å². The highest BCUT2D eigenvalue weighted by atomic mass is 16.5. The second-order valence-corrected chi connectivity index (χ2v) is 4.41. The number of carbonyl (C=O) groups is 1. The van der Waals surface area contributed by atoms with Gasteiger partial charge < -0.3 is 19.8 Å². The number of nitrogens with two attached hydrogens (primary N) is 1. The summed E-state index contributed by atoms with van der Waals surface area (Å²) in [4.78, 5) is 15.9. The number of esters is 1. The second-order valence-electron chi connectivity index (χ2n) is 4.41. The number of rotatable bonds is 3. The van der Waals surface area contributed by atoms with Crippen LogP contribution in [-0.2, 0) is 15.9 Å². The SMILES string of the molecule is CCc1nc(C(=O)OC)c(N)n1C1CCOC1C. The van der Waals surface area contributed by atoms with E-state index < -0.39 is 5.97 Å². The van der Waals surface area contributed by atoms with Gasteiger partial charge in [0.25, 0.3) is 0 Å². The van der Waals surface area contributed by atoms with E-state index in [1.807, 2.05) is 18.4 Å². The Balaban J connectivity index is 2.45. The Morgan fingerprint density at radius 1 is 1.67 bits per heavy atom. The first-order valence-electron chi connectivity index (χ1n) is 6.16. The first-order chi connectivity index (χ1) is 8.60. The molecule has 1 aromatic heterocycles. The van der Waals surface area contributed by atoms with Crippen molar-refractivity contribution in [2.45, 2.75) is 38.8 Å². The van der Waals surface area contributed by atoms with Gasteiger partial charge in [-0.3, -0.25) is 0 Å². The Morgan fingerprint density at radius 3 is 2.89 bits per heavy atom. The molecule has 0 saturated carbocycles. The molecule has 0 aromatic carbocycles. The van der Waals surface area contributed by atoms with E-state index in [4.69, 9.17) is 15.2 Å². The van der Waals surface area contributed by atoms with Gasteiger partial charge in [-0.25, -0.2) is 9.78 Å². The predicted octanol–water partition coefficient (Wildman–Crippen LogP) is 1.16. The van der Waals surface area contributed by atoms with Crippen LogP contribution >= 0.6 is 0 Å². The molecule has 0 radical (unpaired) electrons. The maximum Gasteiger partial charge on any atom is 0.360 e. The molecule has 1 aliphatic heterocycles. The van der Waals surface area contributed by atoms with E-state index in [9.17, 15) is 4.79 Å². The van der Waals surface area contributed by atoms with Crippen LogP contribution in [0.15, 0.2) is 0 Å². The summed E-state index contributed by atoms with van der Waals surface area (Å²) in [7, 11) is 1.33. The Kier molecular flexibility index (Phi) is 3.56. The largest absolute Gasteiger partial charge is 0.464 e. The Bertz CT molecular complexity index is 456. The van der Waals surface area contributed by atoms with E-state index in [-0.39, 0.29) is 17.8 Å². The number of anilines is 1. The molecule has 2 rings (SSSR count). The molecular weight excluding hydrogens is 234 g/mol. The van der Waals surface area contributed by atoms with Gasteiger partial charge in [-0.15, -0.1) is 0 Å². The van der Waals surface area contributed by atoms with Gasteiger partial charge >= 0.3 is 5.97 Å². The van der Waals surface area contributed by atoms with Crippen LogP contribution in [0.25, 0.3) is 0 Å². The smallest absolute Gasteiger partial charge is 0.360 e. The minimum atomic E-state index is -0.493. The number of aryl methyl sites for hydroxylation is 1. The molecule has 0 bridgehead atoms. The molecule has 2 atom stereocenters. The summed E-state index contributed by atoms with van der Waals surface area (Å²) >= 11 is 0. The number of ether oxygens (including phenoxy) is 2. The fraction of sp³-hybridized carbons (Fsp3) is 0.667. The highest BCUT2D eigenvalue weighted by molar-refractivity contribution is 5.92. The molecule has 1 saturated heterocycles. The van der Waals surface area contributed by atoms with Crippen LogP contribution in [0.4, 0.5) is 5.82 Å². The van der Waals surface area contributed by atoms with E-state index in [1.54, 1.807) is 0 Å². The van der Waals surface area contributed by atoms with Crippen LogP contribution in [0.1, 0.15) is 42.6 Å². The summed E-state index contributed by atoms with van der Waals surface area (Å²) in [6, 6.07) is 0.144. The van der Waals surface area contributed by atoms with Crippen LogP contribution in [-0.4, -0.2) is 35.3 Å². The van der Waals surface area contributed by atoms with Gasteiger partial charge in [-0.1, -0.05) is 6.92 Å². The van der Waals surface area contributed by atoms with Crippen molar-refractivity contribution in [3.8, 4) is 0 Å². The third-order valence-electron chi connectivity index (χ3n) is 3.38. The minimum absolute atomic E-state index is 0.0808. The van der Waals surface area contributed by atoms with Crippen molar-refractivity contribution in [3.05, 3.63) is 11.5 Å². The molecule has 6 heteroatoms. The Morgan fingerprint density at radius 2 is 2.39 bits per heavy atom. The van der Waals surface area contributed by atoms with E-state index >= 15 is 0 Å². The van der Waals surface area contributed by atoms with Crippen LogP contribution in [0.3, 0.4) is 0 Å². The zero-order valence-corrected chi connectivity index (χ0v) is 11.0. The number of carbonyl (C=O) groups excluding carboxylic acids is 1. The number of hydrogen-bond acceptors (Lipinski definition) is 5. The van der Waals surface area contributed by atoms with Gasteiger partial charge in [-0.2, -0.15) is 0 Å². The van der Waals surface area contributed by atoms with Gasteiger partial charge in [0.15, 0.2) is 5.69 Å². The van der Waals surface area contributed by atoms with Crippen LogP contribution in [0.2, 0.25) is 0 Å². The fourth-order valence-electron chi connectivity index (χ4n) is 2.42. The zero-order chi connectivity index (χ0) is 13.3. The van der Waals surface area contributed by atoms with Crippen molar-refractivity contribution >= 4 is 11.8 Å². The summed E-state index contributed by atoms with van der Waals surface area (Å²) in [5, 5.41) is 0. The number of methoxy groups -OCH3 is 1.